The van der Waals surface area contributed by atoms with Crippen molar-refractivity contribution < 1.29 is 33.9 Å². The highest BCUT2D eigenvalue weighted by molar-refractivity contribution is 5.93. The van der Waals surface area contributed by atoms with Crippen LogP contribution in [0.5, 0.6) is 0 Å². The number of ether oxygens (including phenoxy) is 2. The zero-order chi connectivity index (χ0) is 26.9. The van der Waals surface area contributed by atoms with Crippen molar-refractivity contribution >= 4 is 34.5 Å². The Bertz CT molecular complexity index is 1080. The van der Waals surface area contributed by atoms with E-state index in [1.807, 2.05) is 42.5 Å². The summed E-state index contributed by atoms with van der Waals surface area (Å²) in [5.41, 5.74) is 1.67. The van der Waals surface area contributed by atoms with Gasteiger partial charge in [-0.3, -0.25) is 24.4 Å². The average Bonchev–Trinajstić information content (AvgIpc) is 2.84. The van der Waals surface area contributed by atoms with Gasteiger partial charge >= 0.3 is 5.97 Å². The normalized spacial score (nSPS) is 13.8. The van der Waals surface area contributed by atoms with E-state index in [-0.39, 0.29) is 25.5 Å². The predicted molar refractivity (Wildman–Crippen MR) is 133 cm³/mol. The molecule has 0 saturated carbocycles. The molecule has 0 heterocycles. The van der Waals surface area contributed by atoms with Crippen LogP contribution in [0.4, 0.5) is 0 Å². The lowest BCUT2D eigenvalue weighted by molar-refractivity contribution is -0.154. The number of hydroxylamine groups is 1. The number of rotatable bonds is 11. The molecule has 0 spiro atoms. The smallest absolute Gasteiger partial charge is 0.302 e. The van der Waals surface area contributed by atoms with Crippen LogP contribution in [0.15, 0.2) is 42.5 Å². The van der Waals surface area contributed by atoms with Crippen LogP contribution in [-0.2, 0) is 35.1 Å². The first-order chi connectivity index (χ1) is 17.0. The number of benzene rings is 2. The van der Waals surface area contributed by atoms with Crippen LogP contribution in [-0.4, -0.2) is 61.3 Å². The van der Waals surface area contributed by atoms with E-state index < -0.39 is 41.3 Å². The van der Waals surface area contributed by atoms with Crippen molar-refractivity contribution in [1.82, 2.24) is 16.1 Å². The van der Waals surface area contributed by atoms with Gasteiger partial charge in [-0.25, -0.2) is 5.48 Å². The van der Waals surface area contributed by atoms with Gasteiger partial charge in [0.15, 0.2) is 0 Å². The lowest BCUT2D eigenvalue weighted by Crippen LogP contribution is -2.57. The minimum absolute atomic E-state index is 0.0763. The Morgan fingerprint density at radius 3 is 2.19 bits per heavy atom. The molecule has 3 atom stereocenters. The molecule has 0 aliphatic rings. The minimum Gasteiger partial charge on any atom is -0.463 e. The zero-order valence-corrected chi connectivity index (χ0v) is 21.3. The number of carbonyl (C=O) groups excluding carboxylic acids is 4. The van der Waals surface area contributed by atoms with Crippen molar-refractivity contribution in [1.29, 1.82) is 0 Å². The zero-order valence-electron chi connectivity index (χ0n) is 21.3. The molecule has 0 aromatic heterocycles. The Kier molecular flexibility index (Phi) is 10.4. The Morgan fingerprint density at radius 1 is 0.944 bits per heavy atom. The lowest BCUT2D eigenvalue weighted by atomic mass is 9.84. The Morgan fingerprint density at radius 2 is 1.61 bits per heavy atom. The second kappa shape index (κ2) is 13.0. The number of carbonyl (C=O) groups is 4. The fraction of sp³-hybridized carbons (Fsp3) is 0.462. The highest BCUT2D eigenvalue weighted by Crippen LogP contribution is 2.24. The molecular weight excluding hydrogens is 466 g/mol. The van der Waals surface area contributed by atoms with E-state index in [1.54, 1.807) is 26.3 Å². The Labute approximate surface area is 210 Å². The summed E-state index contributed by atoms with van der Waals surface area (Å²) >= 11 is 0. The molecule has 3 amide bonds. The molecule has 0 aliphatic carbocycles. The van der Waals surface area contributed by atoms with Gasteiger partial charge in [0.25, 0.3) is 5.91 Å². The summed E-state index contributed by atoms with van der Waals surface area (Å²) in [6, 6.07) is 12.5. The van der Waals surface area contributed by atoms with Crippen molar-refractivity contribution in [2.75, 3.05) is 20.3 Å². The van der Waals surface area contributed by atoms with Gasteiger partial charge in [-0.05, 0) is 28.2 Å². The molecule has 196 valence electrons. The summed E-state index contributed by atoms with van der Waals surface area (Å²) in [5, 5.41) is 16.6. The molecule has 10 nitrogen and oxygen atoms in total. The van der Waals surface area contributed by atoms with Gasteiger partial charge in [-0.2, -0.15) is 0 Å². The van der Waals surface area contributed by atoms with Crippen LogP contribution in [0.3, 0.4) is 0 Å². The molecule has 10 heteroatoms. The summed E-state index contributed by atoms with van der Waals surface area (Å²) in [4.78, 5) is 49.8. The van der Waals surface area contributed by atoms with Crippen LogP contribution < -0.4 is 16.1 Å². The summed E-state index contributed by atoms with van der Waals surface area (Å²) in [6.45, 7) is 6.32. The number of likely N-dealkylation sites (N-methyl/N-ethyl adjacent to an activating group) is 1. The van der Waals surface area contributed by atoms with Gasteiger partial charge in [0.2, 0.25) is 11.8 Å². The first-order valence-corrected chi connectivity index (χ1v) is 11.7. The summed E-state index contributed by atoms with van der Waals surface area (Å²) < 4.78 is 10.5. The van der Waals surface area contributed by atoms with Gasteiger partial charge in [-0.1, -0.05) is 63.2 Å². The average molecular weight is 502 g/mol. The maximum Gasteiger partial charge on any atom is 0.302 e. The number of amides is 3. The molecule has 2 aromatic carbocycles. The summed E-state index contributed by atoms with van der Waals surface area (Å²) in [6.07, 6.45) is -1.35. The van der Waals surface area contributed by atoms with Crippen LogP contribution >= 0.6 is 0 Å². The number of hydrogen-bond donors (Lipinski definition) is 4. The third kappa shape index (κ3) is 8.03. The van der Waals surface area contributed by atoms with E-state index >= 15 is 0 Å². The van der Waals surface area contributed by atoms with Gasteiger partial charge in [0.1, 0.15) is 18.8 Å². The van der Waals surface area contributed by atoms with Gasteiger partial charge in [0.05, 0.1) is 12.5 Å². The maximum absolute atomic E-state index is 13.6. The Balaban J connectivity index is 2.42. The molecule has 2 aromatic rings. The van der Waals surface area contributed by atoms with E-state index in [0.29, 0.717) is 0 Å². The highest BCUT2D eigenvalue weighted by Gasteiger charge is 2.39. The number of esters is 1. The molecule has 0 radical (unpaired) electrons. The summed E-state index contributed by atoms with van der Waals surface area (Å²) in [5.74, 6) is -3.58. The molecule has 0 unspecified atom stereocenters. The quantitative estimate of drug-likeness (QED) is 0.159. The van der Waals surface area contributed by atoms with E-state index in [1.165, 1.54) is 14.0 Å². The number of nitrogens with one attached hydrogen (secondary N) is 3. The standard InChI is InChI=1S/C26H35N3O7/c1-16(30)35-12-13-36-21(24(32)29-34)20(23(31)28-22(25(33)27-5)26(2,3)4)15-17-10-11-18-8-6-7-9-19(18)14-17/h6-11,14,20-22,34H,12-13,15H2,1-5H3,(H,27,33)(H,28,31)(H,29,32)/t20-,21+,22-/m1/s1. The van der Waals surface area contributed by atoms with Gasteiger partial charge in [-0.15, -0.1) is 0 Å². The van der Waals surface area contributed by atoms with Crippen molar-refractivity contribution in [3.63, 3.8) is 0 Å². The summed E-state index contributed by atoms with van der Waals surface area (Å²) in [7, 11) is 1.47. The first kappa shape index (κ1) is 28.7. The van der Waals surface area contributed by atoms with Crippen LogP contribution in [0.25, 0.3) is 10.8 Å². The van der Waals surface area contributed by atoms with Gasteiger partial charge in [0, 0.05) is 14.0 Å². The van der Waals surface area contributed by atoms with Gasteiger partial charge < -0.3 is 20.1 Å². The Hall–Kier alpha value is -3.50. The third-order valence-corrected chi connectivity index (χ3v) is 5.69. The van der Waals surface area contributed by atoms with Crippen LogP contribution in [0.2, 0.25) is 0 Å². The molecule has 0 bridgehead atoms. The van der Waals surface area contributed by atoms with Crippen molar-refractivity contribution in [2.45, 2.75) is 46.3 Å². The van der Waals surface area contributed by atoms with Crippen molar-refractivity contribution in [2.24, 2.45) is 11.3 Å². The predicted octanol–water partition coefficient (Wildman–Crippen LogP) is 1.73. The third-order valence-electron chi connectivity index (χ3n) is 5.69. The minimum atomic E-state index is -1.43. The molecule has 2 rings (SSSR count). The lowest BCUT2D eigenvalue weighted by Gasteiger charge is -2.32. The molecular formula is C26H35N3O7. The molecule has 0 fully saturated rings. The van der Waals surface area contributed by atoms with E-state index in [2.05, 4.69) is 10.6 Å². The molecule has 36 heavy (non-hydrogen) atoms. The van der Waals surface area contributed by atoms with Crippen molar-refractivity contribution in [3.8, 4) is 0 Å². The van der Waals surface area contributed by atoms with Crippen molar-refractivity contribution in [3.05, 3.63) is 48.0 Å². The van der Waals surface area contributed by atoms with E-state index in [4.69, 9.17) is 9.47 Å². The number of hydrogen-bond acceptors (Lipinski definition) is 7. The van der Waals surface area contributed by atoms with E-state index in [9.17, 15) is 24.4 Å². The molecule has 0 aliphatic heterocycles. The highest BCUT2D eigenvalue weighted by atomic mass is 16.6. The second-order valence-electron chi connectivity index (χ2n) is 9.52. The van der Waals surface area contributed by atoms with Crippen LogP contribution in [0, 0.1) is 11.3 Å². The first-order valence-electron chi connectivity index (χ1n) is 11.7. The largest absolute Gasteiger partial charge is 0.463 e. The van der Waals surface area contributed by atoms with Crippen LogP contribution in [0.1, 0.15) is 33.3 Å². The second-order valence-corrected chi connectivity index (χ2v) is 9.52. The molecule has 0 saturated heterocycles. The fourth-order valence-electron chi connectivity index (χ4n) is 3.82. The fourth-order valence-corrected chi connectivity index (χ4v) is 3.82. The monoisotopic (exact) mass is 501 g/mol. The topological polar surface area (TPSA) is 143 Å². The SMILES string of the molecule is CNC(=O)[C@@H](NC(=O)[C@H](Cc1ccc2ccccc2c1)[C@H](OCCOC(C)=O)C(=O)NO)C(C)(C)C. The molecule has 4 N–H and O–H groups in total. The maximum atomic E-state index is 13.6. The van der Waals surface area contributed by atoms with E-state index in [0.717, 1.165) is 16.3 Å². The number of fused-ring (bicyclic) bond motifs is 1.